The van der Waals surface area contributed by atoms with Gasteiger partial charge in [-0.3, -0.25) is 19.4 Å². The quantitative estimate of drug-likeness (QED) is 0.627. The van der Waals surface area contributed by atoms with Gasteiger partial charge in [0.15, 0.2) is 0 Å². The molecule has 0 aliphatic carbocycles. The second kappa shape index (κ2) is 9.99. The van der Waals surface area contributed by atoms with Crippen LogP contribution in [-0.4, -0.2) is 74.2 Å². The zero-order valence-electron chi connectivity index (χ0n) is 16.1. The number of hydrogen-bond acceptors (Lipinski definition) is 6. The summed E-state index contributed by atoms with van der Waals surface area (Å²) in [5, 5.41) is 0. The lowest BCUT2D eigenvalue weighted by molar-refractivity contribution is -0.154. The highest BCUT2D eigenvalue weighted by Crippen LogP contribution is 2.22. The summed E-state index contributed by atoms with van der Waals surface area (Å²) in [6.45, 7) is 11.4. The molecule has 0 spiro atoms. The van der Waals surface area contributed by atoms with Crippen LogP contribution in [0.3, 0.4) is 0 Å². The number of esters is 2. The van der Waals surface area contributed by atoms with E-state index in [4.69, 9.17) is 9.47 Å². The highest BCUT2D eigenvalue weighted by Gasteiger charge is 2.37. The van der Waals surface area contributed by atoms with E-state index in [2.05, 4.69) is 37.5 Å². The summed E-state index contributed by atoms with van der Waals surface area (Å²) in [6.07, 6.45) is 1.86. The summed E-state index contributed by atoms with van der Waals surface area (Å²) in [7, 11) is 2.90. The first-order chi connectivity index (χ1) is 11.4. The Hall–Kier alpha value is -1.14. The molecule has 1 rings (SSSR count). The molecule has 1 saturated heterocycles. The van der Waals surface area contributed by atoms with Gasteiger partial charge >= 0.3 is 11.9 Å². The highest BCUT2D eigenvalue weighted by molar-refractivity contribution is 5.76. The average Bonchev–Trinajstić information content (AvgIpc) is 2.62. The molecule has 24 heavy (non-hydrogen) atoms. The van der Waals surface area contributed by atoms with E-state index in [1.54, 1.807) is 0 Å². The van der Waals surface area contributed by atoms with Crippen LogP contribution in [-0.2, 0) is 19.1 Å². The number of piperazine rings is 1. The minimum Gasteiger partial charge on any atom is -0.468 e. The summed E-state index contributed by atoms with van der Waals surface area (Å²) in [6, 6.07) is -0.412. The van der Waals surface area contributed by atoms with Crippen molar-refractivity contribution in [3.63, 3.8) is 0 Å². The number of hydrogen-bond donors (Lipinski definition) is 0. The molecule has 1 aliphatic heterocycles. The Morgan fingerprint density at radius 3 is 1.29 bits per heavy atom. The van der Waals surface area contributed by atoms with Gasteiger partial charge < -0.3 is 9.47 Å². The molecule has 1 fully saturated rings. The summed E-state index contributed by atoms with van der Waals surface area (Å²) >= 11 is 0. The van der Waals surface area contributed by atoms with E-state index in [1.807, 2.05) is 0 Å². The van der Waals surface area contributed by atoms with E-state index < -0.39 is 0 Å². The van der Waals surface area contributed by atoms with Gasteiger partial charge in [-0.05, 0) is 11.8 Å². The van der Waals surface area contributed by atoms with Gasteiger partial charge in [0.05, 0.1) is 14.2 Å². The molecule has 0 aromatic carbocycles. The highest BCUT2D eigenvalue weighted by atomic mass is 16.5. The lowest BCUT2D eigenvalue weighted by Crippen LogP contribution is -2.59. The van der Waals surface area contributed by atoms with E-state index >= 15 is 0 Å². The third kappa shape index (κ3) is 4.93. The number of rotatable bonds is 8. The Morgan fingerprint density at radius 2 is 1.08 bits per heavy atom. The Labute approximate surface area is 146 Å². The van der Waals surface area contributed by atoms with E-state index in [0.29, 0.717) is 0 Å². The molecule has 1 aliphatic rings. The molecule has 0 unspecified atom stereocenters. The van der Waals surface area contributed by atoms with Crippen LogP contribution in [0.25, 0.3) is 0 Å². The third-order valence-corrected chi connectivity index (χ3v) is 5.39. The van der Waals surface area contributed by atoms with Crippen molar-refractivity contribution in [1.29, 1.82) is 0 Å². The molecule has 4 atom stereocenters. The summed E-state index contributed by atoms with van der Waals surface area (Å²) in [5.74, 6) is 0.165. The first kappa shape index (κ1) is 20.9. The summed E-state index contributed by atoms with van der Waals surface area (Å²) in [4.78, 5) is 28.8. The van der Waals surface area contributed by atoms with Crippen LogP contribution in [0.4, 0.5) is 0 Å². The van der Waals surface area contributed by atoms with Gasteiger partial charge in [-0.15, -0.1) is 0 Å². The Morgan fingerprint density at radius 1 is 0.792 bits per heavy atom. The van der Waals surface area contributed by atoms with Crippen molar-refractivity contribution in [2.75, 3.05) is 40.4 Å². The van der Waals surface area contributed by atoms with Gasteiger partial charge in [-0.25, -0.2) is 0 Å². The molecule has 140 valence electrons. The van der Waals surface area contributed by atoms with Crippen molar-refractivity contribution < 1.29 is 19.1 Å². The molecule has 6 nitrogen and oxygen atoms in total. The normalized spacial score (nSPS) is 21.6. The molecular formula is C18H34N2O4. The molecule has 6 heteroatoms. The van der Waals surface area contributed by atoms with E-state index in [1.165, 1.54) is 14.2 Å². The molecule has 0 saturated carbocycles. The van der Waals surface area contributed by atoms with Gasteiger partial charge in [0.1, 0.15) is 12.1 Å². The monoisotopic (exact) mass is 342 g/mol. The van der Waals surface area contributed by atoms with Gasteiger partial charge in [-0.2, -0.15) is 0 Å². The van der Waals surface area contributed by atoms with Crippen LogP contribution in [0.1, 0.15) is 40.5 Å². The molecule has 0 N–H and O–H groups in total. The lowest BCUT2D eigenvalue weighted by Gasteiger charge is -2.43. The van der Waals surface area contributed by atoms with Gasteiger partial charge in [0, 0.05) is 26.2 Å². The van der Waals surface area contributed by atoms with E-state index in [9.17, 15) is 9.59 Å². The number of ether oxygens (including phenoxy) is 2. The Balaban J connectivity index is 2.78. The van der Waals surface area contributed by atoms with Crippen molar-refractivity contribution >= 4 is 11.9 Å². The summed E-state index contributed by atoms with van der Waals surface area (Å²) in [5.41, 5.74) is 0. The van der Waals surface area contributed by atoms with Crippen LogP contribution < -0.4 is 0 Å². The van der Waals surface area contributed by atoms with Gasteiger partial charge in [0.2, 0.25) is 0 Å². The molecule has 0 aromatic heterocycles. The maximum absolute atomic E-state index is 12.2. The molecule has 0 amide bonds. The second-order valence-electron chi connectivity index (χ2n) is 6.78. The van der Waals surface area contributed by atoms with Crippen molar-refractivity contribution in [3.8, 4) is 0 Å². The topological polar surface area (TPSA) is 59.1 Å². The first-order valence-corrected chi connectivity index (χ1v) is 9.04. The Bertz CT molecular complexity index is 370. The van der Waals surface area contributed by atoms with Crippen LogP contribution in [0.15, 0.2) is 0 Å². The van der Waals surface area contributed by atoms with Crippen LogP contribution in [0, 0.1) is 11.8 Å². The standard InChI is InChI=1S/C18H34N2O4/c1-7-13(3)15(17(21)23-5)19-9-11-20(12-10-19)16(14(4)8-2)18(22)24-6/h13-16H,7-12H2,1-6H3/t13-,14+,15-,16-/m1/s1. The Kier molecular flexibility index (Phi) is 8.70. The first-order valence-electron chi connectivity index (χ1n) is 9.04. The molecule has 0 radical (unpaired) electrons. The predicted molar refractivity (Wildman–Crippen MR) is 93.7 cm³/mol. The molecule has 0 bridgehead atoms. The molecule has 1 heterocycles. The second-order valence-corrected chi connectivity index (χ2v) is 6.78. The van der Waals surface area contributed by atoms with E-state index in [-0.39, 0.29) is 35.9 Å². The zero-order chi connectivity index (χ0) is 18.3. The number of carbonyl (C=O) groups excluding carboxylic acids is 2. The molecule has 0 aromatic rings. The van der Waals surface area contributed by atoms with E-state index in [0.717, 1.165) is 39.0 Å². The van der Waals surface area contributed by atoms with Crippen LogP contribution in [0.5, 0.6) is 0 Å². The zero-order valence-corrected chi connectivity index (χ0v) is 16.1. The number of carbonyl (C=O) groups is 2. The minimum atomic E-state index is -0.206. The third-order valence-electron chi connectivity index (χ3n) is 5.39. The van der Waals surface area contributed by atoms with Crippen LogP contribution >= 0.6 is 0 Å². The predicted octanol–water partition coefficient (Wildman–Crippen LogP) is 1.78. The molecular weight excluding hydrogens is 308 g/mol. The number of methoxy groups -OCH3 is 2. The summed E-state index contributed by atoms with van der Waals surface area (Å²) < 4.78 is 10.0. The van der Waals surface area contributed by atoms with Crippen LogP contribution in [0.2, 0.25) is 0 Å². The van der Waals surface area contributed by atoms with Crippen molar-refractivity contribution in [2.45, 2.75) is 52.6 Å². The fourth-order valence-corrected chi connectivity index (χ4v) is 3.46. The minimum absolute atomic E-state index is 0.163. The SMILES string of the molecule is CC[C@@H](C)[C@H](C(=O)OC)N1CCN([C@@H](C(=O)OC)[C@@H](C)CC)CC1. The maximum atomic E-state index is 12.2. The fourth-order valence-electron chi connectivity index (χ4n) is 3.46. The average molecular weight is 342 g/mol. The lowest BCUT2D eigenvalue weighted by atomic mass is 9.95. The number of nitrogens with zero attached hydrogens (tertiary/aromatic N) is 2. The van der Waals surface area contributed by atoms with Gasteiger partial charge in [-0.1, -0.05) is 40.5 Å². The maximum Gasteiger partial charge on any atom is 0.323 e. The smallest absolute Gasteiger partial charge is 0.323 e. The fraction of sp³-hybridized carbons (Fsp3) is 0.889. The van der Waals surface area contributed by atoms with Gasteiger partial charge in [0.25, 0.3) is 0 Å². The largest absolute Gasteiger partial charge is 0.468 e. The van der Waals surface area contributed by atoms with Crippen molar-refractivity contribution in [3.05, 3.63) is 0 Å². The van der Waals surface area contributed by atoms with Crippen molar-refractivity contribution in [1.82, 2.24) is 9.80 Å². The van der Waals surface area contributed by atoms with Crippen molar-refractivity contribution in [2.24, 2.45) is 11.8 Å².